The van der Waals surface area contributed by atoms with Gasteiger partial charge in [0.1, 0.15) is 5.69 Å². The molecular weight excluding hydrogens is 216 g/mol. The van der Waals surface area contributed by atoms with E-state index in [0.717, 1.165) is 28.8 Å². The molecule has 0 amide bonds. The molecule has 0 N–H and O–H groups in total. The van der Waals surface area contributed by atoms with Gasteiger partial charge in [-0.25, -0.2) is 9.97 Å². The molecule has 0 aliphatic rings. The Hall–Kier alpha value is -1.52. The highest BCUT2D eigenvalue weighted by Gasteiger charge is 2.17. The first-order chi connectivity index (χ1) is 8.30. The molecule has 1 heterocycles. The Bertz CT molecular complexity index is 510. The van der Waals surface area contributed by atoms with Gasteiger partial charge < -0.3 is 9.47 Å². The third kappa shape index (κ3) is 2.28. The summed E-state index contributed by atoms with van der Waals surface area (Å²) in [5.74, 6) is 0. The van der Waals surface area contributed by atoms with Crippen molar-refractivity contribution in [3.05, 3.63) is 35.7 Å². The molecule has 0 saturated carbocycles. The SMILES string of the molecule is CCc1nc2ccccc2nc1C(OC)OC. The van der Waals surface area contributed by atoms with Crippen molar-refractivity contribution in [2.24, 2.45) is 0 Å². The summed E-state index contributed by atoms with van der Waals surface area (Å²) in [4.78, 5) is 9.16. The van der Waals surface area contributed by atoms with Crippen molar-refractivity contribution in [2.45, 2.75) is 19.6 Å². The Morgan fingerprint density at radius 3 is 2.18 bits per heavy atom. The molecule has 17 heavy (non-hydrogen) atoms. The van der Waals surface area contributed by atoms with Gasteiger partial charge in [0.05, 0.1) is 16.7 Å². The number of aromatic nitrogens is 2. The van der Waals surface area contributed by atoms with E-state index in [9.17, 15) is 0 Å². The van der Waals surface area contributed by atoms with Gasteiger partial charge in [-0.15, -0.1) is 0 Å². The van der Waals surface area contributed by atoms with Gasteiger partial charge in [-0.1, -0.05) is 19.1 Å². The van der Waals surface area contributed by atoms with Crippen LogP contribution < -0.4 is 0 Å². The molecule has 0 aliphatic carbocycles. The number of aryl methyl sites for hydroxylation is 1. The zero-order valence-electron chi connectivity index (χ0n) is 10.3. The first kappa shape index (κ1) is 12.0. The maximum absolute atomic E-state index is 5.25. The van der Waals surface area contributed by atoms with Crippen molar-refractivity contribution in [3.63, 3.8) is 0 Å². The summed E-state index contributed by atoms with van der Waals surface area (Å²) in [6.07, 6.45) is 0.346. The molecule has 0 fully saturated rings. The highest BCUT2D eigenvalue weighted by Crippen LogP contribution is 2.21. The highest BCUT2D eigenvalue weighted by molar-refractivity contribution is 5.74. The molecule has 0 bridgehead atoms. The largest absolute Gasteiger partial charge is 0.350 e. The van der Waals surface area contributed by atoms with Crippen LogP contribution in [0.5, 0.6) is 0 Å². The van der Waals surface area contributed by atoms with Gasteiger partial charge in [0.25, 0.3) is 0 Å². The fraction of sp³-hybridized carbons (Fsp3) is 0.385. The number of fused-ring (bicyclic) bond motifs is 1. The molecule has 0 saturated heterocycles. The minimum absolute atomic E-state index is 0.456. The third-order valence-electron chi connectivity index (χ3n) is 2.66. The summed E-state index contributed by atoms with van der Waals surface area (Å²) in [6.45, 7) is 2.05. The third-order valence-corrected chi connectivity index (χ3v) is 2.66. The summed E-state index contributed by atoms with van der Waals surface area (Å²) in [5.41, 5.74) is 3.44. The predicted octanol–water partition coefficient (Wildman–Crippen LogP) is 2.48. The van der Waals surface area contributed by atoms with E-state index in [-0.39, 0.29) is 0 Å². The van der Waals surface area contributed by atoms with Crippen LogP contribution in [0.4, 0.5) is 0 Å². The van der Waals surface area contributed by atoms with Crippen LogP contribution in [0.25, 0.3) is 11.0 Å². The molecular formula is C13H16N2O2. The van der Waals surface area contributed by atoms with Crippen LogP contribution in [0.15, 0.2) is 24.3 Å². The van der Waals surface area contributed by atoms with Crippen LogP contribution >= 0.6 is 0 Å². The van der Waals surface area contributed by atoms with Gasteiger partial charge in [0.15, 0.2) is 0 Å². The number of nitrogens with zero attached hydrogens (tertiary/aromatic N) is 2. The lowest BCUT2D eigenvalue weighted by atomic mass is 10.2. The molecule has 0 spiro atoms. The van der Waals surface area contributed by atoms with E-state index in [4.69, 9.17) is 9.47 Å². The Kier molecular flexibility index (Phi) is 3.66. The Balaban J connectivity index is 2.60. The van der Waals surface area contributed by atoms with Crippen molar-refractivity contribution in [1.82, 2.24) is 9.97 Å². The van der Waals surface area contributed by atoms with Gasteiger partial charge in [-0.3, -0.25) is 0 Å². The number of para-hydroxylation sites is 2. The van der Waals surface area contributed by atoms with E-state index in [2.05, 4.69) is 9.97 Å². The van der Waals surface area contributed by atoms with Crippen LogP contribution in [-0.4, -0.2) is 24.2 Å². The molecule has 2 rings (SSSR count). The highest BCUT2D eigenvalue weighted by atomic mass is 16.7. The number of benzene rings is 1. The normalized spacial score (nSPS) is 11.3. The molecule has 90 valence electrons. The van der Waals surface area contributed by atoms with Gasteiger partial charge in [-0.05, 0) is 18.6 Å². The van der Waals surface area contributed by atoms with Crippen molar-refractivity contribution < 1.29 is 9.47 Å². The summed E-state index contributed by atoms with van der Waals surface area (Å²) in [5, 5.41) is 0. The van der Waals surface area contributed by atoms with E-state index in [0.29, 0.717) is 0 Å². The molecule has 0 radical (unpaired) electrons. The lowest BCUT2D eigenvalue weighted by Crippen LogP contribution is -2.11. The second-order valence-corrected chi connectivity index (χ2v) is 3.70. The fourth-order valence-electron chi connectivity index (χ4n) is 1.82. The van der Waals surface area contributed by atoms with E-state index >= 15 is 0 Å². The second kappa shape index (κ2) is 5.21. The van der Waals surface area contributed by atoms with Crippen LogP contribution in [0.1, 0.15) is 24.6 Å². The van der Waals surface area contributed by atoms with E-state index < -0.39 is 6.29 Å². The summed E-state index contributed by atoms with van der Waals surface area (Å²) >= 11 is 0. The van der Waals surface area contributed by atoms with Crippen molar-refractivity contribution in [2.75, 3.05) is 14.2 Å². The quantitative estimate of drug-likeness (QED) is 0.760. The predicted molar refractivity (Wildman–Crippen MR) is 65.7 cm³/mol. The molecule has 0 aliphatic heterocycles. The van der Waals surface area contributed by atoms with Crippen LogP contribution in [-0.2, 0) is 15.9 Å². The number of rotatable bonds is 4. The average Bonchev–Trinajstić information content (AvgIpc) is 2.39. The first-order valence-corrected chi connectivity index (χ1v) is 5.61. The first-order valence-electron chi connectivity index (χ1n) is 5.61. The van der Waals surface area contributed by atoms with Gasteiger partial charge in [0, 0.05) is 14.2 Å². The Morgan fingerprint density at radius 1 is 1.06 bits per heavy atom. The van der Waals surface area contributed by atoms with Crippen LogP contribution in [0, 0.1) is 0 Å². The maximum Gasteiger partial charge on any atom is 0.202 e. The minimum atomic E-state index is -0.456. The maximum atomic E-state index is 5.25. The second-order valence-electron chi connectivity index (χ2n) is 3.70. The molecule has 1 aromatic heterocycles. The smallest absolute Gasteiger partial charge is 0.202 e. The lowest BCUT2D eigenvalue weighted by Gasteiger charge is -2.16. The van der Waals surface area contributed by atoms with Crippen LogP contribution in [0.2, 0.25) is 0 Å². The number of hydrogen-bond acceptors (Lipinski definition) is 4. The lowest BCUT2D eigenvalue weighted by molar-refractivity contribution is -0.109. The zero-order valence-corrected chi connectivity index (χ0v) is 10.3. The standard InChI is InChI=1S/C13H16N2O2/c1-4-9-12(13(16-2)17-3)15-11-8-6-5-7-10(11)14-9/h5-8,13H,4H2,1-3H3. The van der Waals surface area contributed by atoms with Gasteiger partial charge in [-0.2, -0.15) is 0 Å². The summed E-state index contributed by atoms with van der Waals surface area (Å²) < 4.78 is 10.5. The molecule has 0 atom stereocenters. The minimum Gasteiger partial charge on any atom is -0.350 e. The molecule has 4 nitrogen and oxygen atoms in total. The van der Waals surface area contributed by atoms with Crippen molar-refractivity contribution in [1.29, 1.82) is 0 Å². The van der Waals surface area contributed by atoms with Crippen molar-refractivity contribution in [3.8, 4) is 0 Å². The van der Waals surface area contributed by atoms with E-state index in [1.165, 1.54) is 0 Å². The van der Waals surface area contributed by atoms with Crippen LogP contribution in [0.3, 0.4) is 0 Å². The summed E-state index contributed by atoms with van der Waals surface area (Å²) in [7, 11) is 3.20. The topological polar surface area (TPSA) is 44.2 Å². The van der Waals surface area contributed by atoms with E-state index in [1.54, 1.807) is 14.2 Å². The molecule has 1 aromatic carbocycles. The number of hydrogen-bond donors (Lipinski definition) is 0. The Labute approximate surface area is 101 Å². The molecule has 4 heteroatoms. The Morgan fingerprint density at radius 2 is 1.65 bits per heavy atom. The fourth-order valence-corrected chi connectivity index (χ4v) is 1.82. The number of methoxy groups -OCH3 is 2. The van der Waals surface area contributed by atoms with E-state index in [1.807, 2.05) is 31.2 Å². The zero-order chi connectivity index (χ0) is 12.3. The average molecular weight is 232 g/mol. The van der Waals surface area contributed by atoms with Crippen molar-refractivity contribution >= 4 is 11.0 Å². The van der Waals surface area contributed by atoms with Gasteiger partial charge >= 0.3 is 0 Å². The number of ether oxygens (including phenoxy) is 2. The monoisotopic (exact) mass is 232 g/mol. The molecule has 0 unspecified atom stereocenters. The molecule has 2 aromatic rings. The summed E-state index contributed by atoms with van der Waals surface area (Å²) in [6, 6.07) is 7.80. The van der Waals surface area contributed by atoms with Gasteiger partial charge in [0.2, 0.25) is 6.29 Å².